The number of carbonyl (C=O) groups is 2. The predicted molar refractivity (Wildman–Crippen MR) is 120 cm³/mol. The van der Waals surface area contributed by atoms with E-state index in [2.05, 4.69) is 10.2 Å². The number of anilines is 1. The molecule has 1 fully saturated rings. The fraction of sp³-hybridized carbons (Fsp3) is 0.500. The lowest BCUT2D eigenvalue weighted by atomic mass is 9.93. The lowest BCUT2D eigenvalue weighted by Gasteiger charge is -2.41. The van der Waals surface area contributed by atoms with Crippen molar-refractivity contribution in [3.05, 3.63) is 41.1 Å². The van der Waals surface area contributed by atoms with Crippen LogP contribution in [-0.4, -0.2) is 53.2 Å². The molecule has 1 N–H and O–H groups in total. The number of likely N-dealkylation sites (N-methyl/N-ethyl adjacent to an activating group) is 1. The van der Waals surface area contributed by atoms with Gasteiger partial charge < -0.3 is 15.1 Å². The molecule has 3 rings (SSSR count). The summed E-state index contributed by atoms with van der Waals surface area (Å²) < 4.78 is 0. The summed E-state index contributed by atoms with van der Waals surface area (Å²) in [4.78, 5) is 33.9. The third kappa shape index (κ3) is 4.83. The lowest BCUT2D eigenvalue weighted by Crippen LogP contribution is -2.43. The molecule has 0 radical (unpaired) electrons. The Labute approximate surface area is 177 Å². The highest BCUT2D eigenvalue weighted by Crippen LogP contribution is 2.40. The quantitative estimate of drug-likeness (QED) is 0.794. The molecule has 0 aromatic heterocycles. The van der Waals surface area contributed by atoms with Gasteiger partial charge in [-0.15, -0.1) is 0 Å². The number of aliphatic imine (C=N–C) groups is 1. The molecular weight excluding hydrogens is 384 g/mol. The molecule has 2 aliphatic rings. The molecular formula is C22H30N4O2S. The van der Waals surface area contributed by atoms with Gasteiger partial charge in [0.1, 0.15) is 0 Å². The van der Waals surface area contributed by atoms with E-state index in [0.717, 1.165) is 40.8 Å². The van der Waals surface area contributed by atoms with Gasteiger partial charge in [-0.3, -0.25) is 9.59 Å². The number of nitrogens with zero attached hydrogens (tertiary/aromatic N) is 3. The van der Waals surface area contributed by atoms with Crippen molar-refractivity contribution in [1.82, 2.24) is 9.80 Å². The average molecular weight is 415 g/mol. The van der Waals surface area contributed by atoms with Crippen LogP contribution in [0.25, 0.3) is 0 Å². The van der Waals surface area contributed by atoms with Crippen molar-refractivity contribution in [2.45, 2.75) is 39.7 Å². The molecule has 0 saturated carbocycles. The first-order valence-corrected chi connectivity index (χ1v) is 11.1. The third-order valence-corrected chi connectivity index (χ3v) is 6.05. The van der Waals surface area contributed by atoms with Crippen molar-refractivity contribution in [2.24, 2.45) is 10.9 Å². The topological polar surface area (TPSA) is 65.0 Å². The molecule has 0 aliphatic carbocycles. The van der Waals surface area contributed by atoms with Crippen molar-refractivity contribution in [3.8, 4) is 0 Å². The van der Waals surface area contributed by atoms with Crippen molar-refractivity contribution in [1.29, 1.82) is 0 Å². The molecule has 156 valence electrons. The number of benzene rings is 1. The number of nitrogens with one attached hydrogen (secondary N) is 1. The number of hydrogen-bond donors (Lipinski definition) is 1. The zero-order chi connectivity index (χ0) is 21.1. The van der Waals surface area contributed by atoms with E-state index in [1.165, 1.54) is 0 Å². The van der Waals surface area contributed by atoms with Crippen LogP contribution in [0.15, 0.2) is 40.5 Å². The molecule has 0 spiro atoms. The maximum Gasteiger partial charge on any atom is 0.253 e. The van der Waals surface area contributed by atoms with Gasteiger partial charge in [-0.1, -0.05) is 37.7 Å². The zero-order valence-corrected chi connectivity index (χ0v) is 18.7. The SMILES string of the molecule is CC1=C(C(=O)N(C)C)C(c2cccc(NC(=O)CC(C)C)c2)N2CCCSC2=N1. The van der Waals surface area contributed by atoms with Gasteiger partial charge in [-0.05, 0) is 37.0 Å². The van der Waals surface area contributed by atoms with Crippen LogP contribution >= 0.6 is 11.8 Å². The normalized spacial score (nSPS) is 19.0. The Morgan fingerprint density at radius 3 is 2.79 bits per heavy atom. The summed E-state index contributed by atoms with van der Waals surface area (Å²) in [6.45, 7) is 6.83. The predicted octanol–water partition coefficient (Wildman–Crippen LogP) is 3.88. The monoisotopic (exact) mass is 414 g/mol. The van der Waals surface area contributed by atoms with Crippen LogP contribution in [0.4, 0.5) is 5.69 Å². The van der Waals surface area contributed by atoms with Crippen molar-refractivity contribution < 1.29 is 9.59 Å². The fourth-order valence-electron chi connectivity index (χ4n) is 3.70. The first-order chi connectivity index (χ1) is 13.8. The second-order valence-electron chi connectivity index (χ2n) is 8.16. The summed E-state index contributed by atoms with van der Waals surface area (Å²) in [5.41, 5.74) is 3.22. The number of hydrogen-bond acceptors (Lipinski definition) is 5. The smallest absolute Gasteiger partial charge is 0.253 e. The number of fused-ring (bicyclic) bond motifs is 1. The first kappa shape index (κ1) is 21.4. The Bertz CT molecular complexity index is 860. The Hall–Kier alpha value is -2.28. The molecule has 1 unspecified atom stereocenters. The van der Waals surface area contributed by atoms with Crippen molar-refractivity contribution >= 4 is 34.4 Å². The summed E-state index contributed by atoms with van der Waals surface area (Å²) in [5.74, 6) is 1.32. The van der Waals surface area contributed by atoms with Gasteiger partial charge in [0, 0.05) is 38.5 Å². The van der Waals surface area contributed by atoms with Crippen molar-refractivity contribution in [3.63, 3.8) is 0 Å². The van der Waals surface area contributed by atoms with E-state index >= 15 is 0 Å². The Morgan fingerprint density at radius 1 is 1.34 bits per heavy atom. The lowest BCUT2D eigenvalue weighted by molar-refractivity contribution is -0.125. The van der Waals surface area contributed by atoms with Gasteiger partial charge in [0.05, 0.1) is 17.3 Å². The van der Waals surface area contributed by atoms with Crippen LogP contribution in [0.2, 0.25) is 0 Å². The zero-order valence-electron chi connectivity index (χ0n) is 17.9. The van der Waals surface area contributed by atoms with Crippen LogP contribution in [0, 0.1) is 5.92 Å². The standard InChI is InChI=1S/C22H30N4O2S/c1-14(2)12-18(27)24-17-9-6-8-16(13-17)20-19(21(28)25(4)5)15(3)23-22-26(20)10-7-11-29-22/h6,8-9,13-14,20H,7,10-12H2,1-5H3,(H,24,27). The van der Waals surface area contributed by atoms with E-state index in [-0.39, 0.29) is 17.9 Å². The van der Waals surface area contributed by atoms with Crippen LogP contribution in [-0.2, 0) is 9.59 Å². The highest BCUT2D eigenvalue weighted by atomic mass is 32.2. The summed E-state index contributed by atoms with van der Waals surface area (Å²) >= 11 is 1.74. The van der Waals surface area contributed by atoms with Gasteiger partial charge in [0.2, 0.25) is 5.91 Å². The number of amidine groups is 1. The summed E-state index contributed by atoms with van der Waals surface area (Å²) in [6.07, 6.45) is 1.53. The highest BCUT2D eigenvalue weighted by molar-refractivity contribution is 8.13. The highest BCUT2D eigenvalue weighted by Gasteiger charge is 2.37. The van der Waals surface area contributed by atoms with Gasteiger partial charge in [-0.25, -0.2) is 4.99 Å². The molecule has 1 saturated heterocycles. The Morgan fingerprint density at radius 2 is 2.10 bits per heavy atom. The maximum atomic E-state index is 13.0. The van der Waals surface area contributed by atoms with E-state index in [1.54, 1.807) is 30.8 Å². The summed E-state index contributed by atoms with van der Waals surface area (Å²) in [7, 11) is 3.54. The van der Waals surface area contributed by atoms with E-state index in [1.807, 2.05) is 45.0 Å². The largest absolute Gasteiger partial charge is 0.345 e. The second-order valence-corrected chi connectivity index (χ2v) is 9.22. The molecule has 29 heavy (non-hydrogen) atoms. The maximum absolute atomic E-state index is 13.0. The molecule has 0 bridgehead atoms. The average Bonchev–Trinajstić information content (AvgIpc) is 2.65. The number of rotatable bonds is 5. The van der Waals surface area contributed by atoms with Gasteiger partial charge >= 0.3 is 0 Å². The van der Waals surface area contributed by atoms with Gasteiger partial charge in [0.25, 0.3) is 5.91 Å². The number of thioether (sulfide) groups is 1. The van der Waals surface area contributed by atoms with Crippen LogP contribution < -0.4 is 5.32 Å². The van der Waals surface area contributed by atoms with E-state index in [4.69, 9.17) is 4.99 Å². The Balaban J connectivity index is 1.99. The first-order valence-electron chi connectivity index (χ1n) is 10.1. The fourth-order valence-corrected chi connectivity index (χ4v) is 4.72. The molecule has 1 aromatic carbocycles. The summed E-state index contributed by atoms with van der Waals surface area (Å²) in [5, 5.41) is 3.97. The number of carbonyl (C=O) groups excluding carboxylic acids is 2. The van der Waals surface area contributed by atoms with E-state index < -0.39 is 0 Å². The van der Waals surface area contributed by atoms with Gasteiger partial charge in [-0.2, -0.15) is 0 Å². The minimum absolute atomic E-state index is 0.00730. The third-order valence-electron chi connectivity index (χ3n) is 4.97. The molecule has 2 heterocycles. The van der Waals surface area contributed by atoms with Gasteiger partial charge in [0.15, 0.2) is 5.17 Å². The van der Waals surface area contributed by atoms with Crippen molar-refractivity contribution in [2.75, 3.05) is 31.7 Å². The molecule has 7 heteroatoms. The van der Waals surface area contributed by atoms with Crippen LogP contribution in [0.1, 0.15) is 45.2 Å². The minimum atomic E-state index is -0.202. The molecule has 2 aliphatic heterocycles. The van der Waals surface area contributed by atoms with E-state index in [0.29, 0.717) is 17.9 Å². The second kappa shape index (κ2) is 9.03. The molecule has 1 aromatic rings. The number of allylic oxidation sites excluding steroid dienone is 1. The minimum Gasteiger partial charge on any atom is -0.345 e. The molecule has 6 nitrogen and oxygen atoms in total. The van der Waals surface area contributed by atoms with Crippen LogP contribution in [0.5, 0.6) is 0 Å². The molecule has 2 amide bonds. The summed E-state index contributed by atoms with van der Waals surface area (Å²) in [6, 6.07) is 7.65. The van der Waals surface area contributed by atoms with Crippen LogP contribution in [0.3, 0.4) is 0 Å². The molecule has 1 atom stereocenters. The number of amides is 2. The van der Waals surface area contributed by atoms with E-state index in [9.17, 15) is 9.59 Å². The Kier molecular flexibility index (Phi) is 6.67.